The van der Waals surface area contributed by atoms with Crippen molar-refractivity contribution < 1.29 is 32.4 Å². The Labute approximate surface area is 169 Å². The van der Waals surface area contributed by atoms with E-state index in [2.05, 4.69) is 10.6 Å². The number of nitro groups is 1. The van der Waals surface area contributed by atoms with Gasteiger partial charge in [-0.25, -0.2) is 0 Å². The number of hydrogen-bond acceptors (Lipinski definition) is 5. The molecule has 0 aliphatic rings. The highest BCUT2D eigenvalue weighted by atomic mass is 19.4. The molecule has 0 fully saturated rings. The summed E-state index contributed by atoms with van der Waals surface area (Å²) >= 11 is 0. The number of amides is 2. The Hall–Kier alpha value is -3.63. The van der Waals surface area contributed by atoms with E-state index in [1.165, 1.54) is 12.1 Å². The molecular weight excluding hydrogens is 407 g/mol. The molecule has 8 nitrogen and oxygen atoms in total. The quantitative estimate of drug-likeness (QED) is 0.510. The molecule has 0 radical (unpaired) electrons. The van der Waals surface area contributed by atoms with Gasteiger partial charge < -0.3 is 15.4 Å². The van der Waals surface area contributed by atoms with E-state index in [4.69, 9.17) is 4.74 Å². The normalized spacial score (nSPS) is 11.1. The molecule has 0 aromatic heterocycles. The predicted octanol–water partition coefficient (Wildman–Crippen LogP) is 4.23. The van der Waals surface area contributed by atoms with Gasteiger partial charge in [-0.2, -0.15) is 13.2 Å². The van der Waals surface area contributed by atoms with Gasteiger partial charge in [-0.05, 0) is 24.3 Å². The number of ether oxygens (including phenoxy) is 1. The van der Waals surface area contributed by atoms with Gasteiger partial charge in [0.2, 0.25) is 5.91 Å². The smallest absolute Gasteiger partial charge is 0.423 e. The standard InChI is InChI=1S/C19H18F3N3O5/c1-11(2)18(27)24-12-4-3-5-14(8-12)30-10-17(26)23-13-6-7-16(25(28)29)15(9-13)19(20,21)22/h3-9,11H,10H2,1-2H3,(H,23,26)(H,24,27). The Kier molecular flexibility index (Phi) is 6.98. The zero-order valence-corrected chi connectivity index (χ0v) is 15.9. The number of anilines is 2. The van der Waals surface area contributed by atoms with E-state index in [-0.39, 0.29) is 23.3 Å². The first-order chi connectivity index (χ1) is 14.0. The molecule has 0 bridgehead atoms. The van der Waals surface area contributed by atoms with Gasteiger partial charge in [0.15, 0.2) is 6.61 Å². The summed E-state index contributed by atoms with van der Waals surface area (Å²) in [6, 6.07) is 8.39. The zero-order valence-electron chi connectivity index (χ0n) is 15.9. The average Bonchev–Trinajstić information content (AvgIpc) is 2.65. The Morgan fingerprint density at radius 3 is 2.37 bits per heavy atom. The van der Waals surface area contributed by atoms with Crippen LogP contribution in [0.5, 0.6) is 5.75 Å². The first kappa shape index (κ1) is 22.7. The molecule has 0 unspecified atom stereocenters. The Morgan fingerprint density at radius 1 is 1.10 bits per heavy atom. The van der Waals surface area contributed by atoms with Crippen LogP contribution in [0.3, 0.4) is 0 Å². The van der Waals surface area contributed by atoms with Gasteiger partial charge in [-0.3, -0.25) is 19.7 Å². The minimum absolute atomic E-state index is 0.205. The fourth-order valence-corrected chi connectivity index (χ4v) is 2.30. The van der Waals surface area contributed by atoms with Crippen LogP contribution in [0.2, 0.25) is 0 Å². The van der Waals surface area contributed by atoms with Crippen LogP contribution in [0.25, 0.3) is 0 Å². The molecule has 2 aromatic carbocycles. The summed E-state index contributed by atoms with van der Waals surface area (Å²) in [5.74, 6) is -0.952. The third kappa shape index (κ3) is 6.19. The monoisotopic (exact) mass is 425 g/mol. The second-order valence-corrected chi connectivity index (χ2v) is 6.50. The number of nitro benzene ring substituents is 1. The fourth-order valence-electron chi connectivity index (χ4n) is 2.30. The van der Waals surface area contributed by atoms with Crippen molar-refractivity contribution in [2.24, 2.45) is 5.92 Å². The first-order valence-electron chi connectivity index (χ1n) is 8.66. The van der Waals surface area contributed by atoms with Crippen molar-refractivity contribution in [2.45, 2.75) is 20.0 Å². The molecule has 160 valence electrons. The van der Waals surface area contributed by atoms with Gasteiger partial charge in [0.05, 0.1) is 4.92 Å². The van der Waals surface area contributed by atoms with E-state index < -0.39 is 34.9 Å². The number of nitrogens with zero attached hydrogens (tertiary/aromatic N) is 1. The molecule has 11 heteroatoms. The van der Waals surface area contributed by atoms with E-state index in [1.54, 1.807) is 26.0 Å². The molecule has 2 rings (SSSR count). The van der Waals surface area contributed by atoms with Crippen molar-refractivity contribution in [1.29, 1.82) is 0 Å². The fraction of sp³-hybridized carbons (Fsp3) is 0.263. The predicted molar refractivity (Wildman–Crippen MR) is 102 cm³/mol. The van der Waals surface area contributed by atoms with Crippen molar-refractivity contribution >= 4 is 28.9 Å². The summed E-state index contributed by atoms with van der Waals surface area (Å²) in [6.45, 7) is 2.92. The lowest BCUT2D eigenvalue weighted by Gasteiger charge is -2.12. The number of halogens is 3. The van der Waals surface area contributed by atoms with Crippen molar-refractivity contribution in [1.82, 2.24) is 0 Å². The van der Waals surface area contributed by atoms with Crippen molar-refractivity contribution in [3.05, 3.63) is 58.1 Å². The van der Waals surface area contributed by atoms with Gasteiger partial charge >= 0.3 is 6.18 Å². The number of benzene rings is 2. The molecular formula is C19H18F3N3O5. The van der Waals surface area contributed by atoms with Crippen molar-refractivity contribution in [3.8, 4) is 5.75 Å². The van der Waals surface area contributed by atoms with E-state index in [1.807, 2.05) is 0 Å². The molecule has 2 aromatic rings. The van der Waals surface area contributed by atoms with Gasteiger partial charge in [0.25, 0.3) is 11.6 Å². The second kappa shape index (κ2) is 9.25. The molecule has 0 spiro atoms. The Bertz CT molecular complexity index is 961. The van der Waals surface area contributed by atoms with Gasteiger partial charge in [-0.15, -0.1) is 0 Å². The summed E-state index contributed by atoms with van der Waals surface area (Å²) in [6.07, 6.45) is -4.96. The Balaban J connectivity index is 2.03. The number of rotatable bonds is 7. The third-order valence-electron chi connectivity index (χ3n) is 3.78. The van der Waals surface area contributed by atoms with Gasteiger partial charge in [0.1, 0.15) is 11.3 Å². The highest BCUT2D eigenvalue weighted by Crippen LogP contribution is 2.37. The summed E-state index contributed by atoms with van der Waals surface area (Å²) in [4.78, 5) is 33.3. The molecule has 0 aliphatic carbocycles. The molecule has 0 atom stereocenters. The molecule has 0 heterocycles. The summed E-state index contributed by atoms with van der Waals surface area (Å²) in [7, 11) is 0. The van der Waals surface area contributed by atoms with Gasteiger partial charge in [-0.1, -0.05) is 19.9 Å². The average molecular weight is 425 g/mol. The minimum atomic E-state index is -4.96. The number of alkyl halides is 3. The van der Waals surface area contributed by atoms with E-state index in [9.17, 15) is 32.9 Å². The third-order valence-corrected chi connectivity index (χ3v) is 3.78. The van der Waals surface area contributed by atoms with Crippen LogP contribution >= 0.6 is 0 Å². The SMILES string of the molecule is CC(C)C(=O)Nc1cccc(OCC(=O)Nc2ccc([N+](=O)[O-])c(C(F)(F)F)c2)c1. The number of carbonyl (C=O) groups excluding carboxylic acids is 2. The van der Waals surface area contributed by atoms with Gasteiger partial charge in [0, 0.05) is 29.4 Å². The van der Waals surface area contributed by atoms with E-state index >= 15 is 0 Å². The maximum Gasteiger partial charge on any atom is 0.423 e. The lowest BCUT2D eigenvalue weighted by Crippen LogP contribution is -2.21. The molecule has 0 saturated carbocycles. The first-order valence-corrected chi connectivity index (χ1v) is 8.66. The van der Waals surface area contributed by atoms with Crippen LogP contribution in [-0.2, 0) is 15.8 Å². The second-order valence-electron chi connectivity index (χ2n) is 6.50. The maximum atomic E-state index is 13.0. The highest BCUT2D eigenvalue weighted by molar-refractivity contribution is 5.93. The van der Waals surface area contributed by atoms with Crippen molar-refractivity contribution in [3.63, 3.8) is 0 Å². The van der Waals surface area contributed by atoms with Crippen LogP contribution in [0.15, 0.2) is 42.5 Å². The van der Waals surface area contributed by atoms with Crippen LogP contribution in [-0.4, -0.2) is 23.3 Å². The van der Waals surface area contributed by atoms with Crippen molar-refractivity contribution in [2.75, 3.05) is 17.2 Å². The lowest BCUT2D eigenvalue weighted by atomic mass is 10.1. The highest BCUT2D eigenvalue weighted by Gasteiger charge is 2.38. The summed E-state index contributed by atoms with van der Waals surface area (Å²) in [5, 5.41) is 15.6. The Morgan fingerprint density at radius 2 is 1.77 bits per heavy atom. The number of hydrogen-bond donors (Lipinski definition) is 2. The molecule has 0 aliphatic heterocycles. The van der Waals surface area contributed by atoms with E-state index in [0.29, 0.717) is 17.8 Å². The zero-order chi connectivity index (χ0) is 22.5. The van der Waals surface area contributed by atoms with Crippen LogP contribution in [0.1, 0.15) is 19.4 Å². The number of carbonyl (C=O) groups is 2. The van der Waals surface area contributed by atoms with Crippen LogP contribution < -0.4 is 15.4 Å². The minimum Gasteiger partial charge on any atom is -0.484 e. The van der Waals surface area contributed by atoms with Crippen LogP contribution in [0, 0.1) is 16.0 Å². The molecule has 2 amide bonds. The van der Waals surface area contributed by atoms with E-state index in [0.717, 1.165) is 6.07 Å². The molecule has 0 saturated heterocycles. The lowest BCUT2D eigenvalue weighted by molar-refractivity contribution is -0.388. The summed E-state index contributed by atoms with van der Waals surface area (Å²) in [5.41, 5.74) is -2.40. The van der Waals surface area contributed by atoms with Crippen LogP contribution in [0.4, 0.5) is 30.2 Å². The topological polar surface area (TPSA) is 111 Å². The summed E-state index contributed by atoms with van der Waals surface area (Å²) < 4.78 is 44.3. The largest absolute Gasteiger partial charge is 0.484 e. The molecule has 2 N–H and O–H groups in total. The number of nitrogens with one attached hydrogen (secondary N) is 2. The maximum absolute atomic E-state index is 13.0. The molecule has 30 heavy (non-hydrogen) atoms.